The predicted octanol–water partition coefficient (Wildman–Crippen LogP) is 4.31. The first-order valence-electron chi connectivity index (χ1n) is 8.48. The highest BCUT2D eigenvalue weighted by atomic mass is 35.5. The number of hydrogen-bond donors (Lipinski definition) is 2. The Hall–Kier alpha value is -3.45. The number of H-pyrrole nitrogens is 1. The van der Waals surface area contributed by atoms with Crippen LogP contribution in [-0.2, 0) is 4.79 Å². The average molecular weight is 394 g/mol. The van der Waals surface area contributed by atoms with Crippen molar-refractivity contribution in [3.05, 3.63) is 53.9 Å². The van der Waals surface area contributed by atoms with Crippen molar-refractivity contribution in [1.82, 2.24) is 19.9 Å². The molecule has 0 aliphatic carbocycles. The molecule has 0 aliphatic heterocycles. The summed E-state index contributed by atoms with van der Waals surface area (Å²) in [6.07, 6.45) is 3.29. The summed E-state index contributed by atoms with van der Waals surface area (Å²) in [5, 5.41) is 3.09. The zero-order valence-corrected chi connectivity index (χ0v) is 15.9. The van der Waals surface area contributed by atoms with Gasteiger partial charge in [-0.25, -0.2) is 9.97 Å². The molecule has 7 nitrogen and oxygen atoms in total. The topological polar surface area (TPSA) is 92.8 Å². The van der Waals surface area contributed by atoms with Crippen molar-refractivity contribution in [2.24, 2.45) is 0 Å². The average Bonchev–Trinajstić information content (AvgIpc) is 3.06. The summed E-state index contributed by atoms with van der Waals surface area (Å²) in [6, 6.07) is 10.9. The van der Waals surface area contributed by atoms with Gasteiger partial charge in [-0.2, -0.15) is 0 Å². The van der Waals surface area contributed by atoms with E-state index in [1.165, 1.54) is 6.92 Å². The number of hydrogen-bond acceptors (Lipinski definition) is 5. The molecule has 0 aromatic carbocycles. The van der Waals surface area contributed by atoms with E-state index in [0.717, 1.165) is 27.9 Å². The number of nitrogens with zero attached hydrogens (tertiary/aromatic N) is 3. The first-order chi connectivity index (χ1) is 13.5. The summed E-state index contributed by atoms with van der Waals surface area (Å²) in [4.78, 5) is 28.0. The number of methoxy groups -OCH3 is 1. The Balaban J connectivity index is 1.97. The van der Waals surface area contributed by atoms with E-state index in [1.807, 2.05) is 24.3 Å². The molecule has 0 spiro atoms. The number of halogens is 1. The van der Waals surface area contributed by atoms with Gasteiger partial charge in [0.25, 0.3) is 0 Å². The number of nitrogens with one attached hydrogen (secondary N) is 2. The number of anilines is 1. The van der Waals surface area contributed by atoms with E-state index in [1.54, 1.807) is 31.6 Å². The van der Waals surface area contributed by atoms with Crippen LogP contribution in [0.15, 0.2) is 48.8 Å². The van der Waals surface area contributed by atoms with Crippen molar-refractivity contribution in [1.29, 1.82) is 0 Å². The fourth-order valence-electron chi connectivity index (χ4n) is 3.02. The Morgan fingerprint density at radius 1 is 1.21 bits per heavy atom. The van der Waals surface area contributed by atoms with Crippen molar-refractivity contribution in [3.63, 3.8) is 0 Å². The van der Waals surface area contributed by atoms with Gasteiger partial charge in [-0.05, 0) is 24.3 Å². The number of amides is 1. The number of rotatable bonds is 4. The van der Waals surface area contributed by atoms with Gasteiger partial charge in [0.05, 0.1) is 41.3 Å². The second-order valence-corrected chi connectivity index (χ2v) is 6.49. The van der Waals surface area contributed by atoms with Crippen LogP contribution in [0.4, 0.5) is 5.82 Å². The molecule has 1 amide bonds. The molecule has 0 aliphatic rings. The van der Waals surface area contributed by atoms with E-state index in [9.17, 15) is 4.79 Å². The molecule has 2 N–H and O–H groups in total. The molecule has 0 radical (unpaired) electrons. The zero-order valence-electron chi connectivity index (χ0n) is 15.2. The summed E-state index contributed by atoms with van der Waals surface area (Å²) in [7, 11) is 1.59. The Morgan fingerprint density at radius 3 is 2.82 bits per heavy atom. The molecule has 0 saturated carbocycles. The van der Waals surface area contributed by atoms with Gasteiger partial charge in [-0.15, -0.1) is 0 Å². The molecule has 0 bridgehead atoms. The minimum absolute atomic E-state index is 0.190. The second-order valence-electron chi connectivity index (χ2n) is 6.10. The first kappa shape index (κ1) is 17.9. The smallest absolute Gasteiger partial charge is 0.222 e. The zero-order chi connectivity index (χ0) is 19.7. The van der Waals surface area contributed by atoms with Crippen LogP contribution in [0.1, 0.15) is 6.92 Å². The number of aromatic nitrogens is 4. The fraction of sp³-hybridized carbons (Fsp3) is 0.100. The molecule has 140 valence electrons. The van der Waals surface area contributed by atoms with Gasteiger partial charge < -0.3 is 15.0 Å². The van der Waals surface area contributed by atoms with E-state index in [-0.39, 0.29) is 5.91 Å². The number of ether oxygens (including phenoxy) is 1. The standard InChI is InChI=1S/C20H16ClN5O2/c1-11(27)24-17-8-12(6-7-22-17)19-18(14-4-3-5-16(21)25-14)20-15(26-19)9-13(28-2)10-23-20/h3-10,26H,1-2H3,(H,22,24,27). The Kier molecular flexibility index (Phi) is 4.67. The molecule has 28 heavy (non-hydrogen) atoms. The van der Waals surface area contributed by atoms with Crippen LogP contribution in [0.2, 0.25) is 5.15 Å². The van der Waals surface area contributed by atoms with E-state index >= 15 is 0 Å². The van der Waals surface area contributed by atoms with E-state index in [0.29, 0.717) is 22.4 Å². The minimum Gasteiger partial charge on any atom is -0.495 e. The molecule has 0 unspecified atom stereocenters. The number of fused-ring (bicyclic) bond motifs is 1. The second kappa shape index (κ2) is 7.28. The largest absolute Gasteiger partial charge is 0.495 e. The maximum atomic E-state index is 11.4. The molecular formula is C20H16ClN5O2. The first-order valence-corrected chi connectivity index (χ1v) is 8.85. The lowest BCUT2D eigenvalue weighted by molar-refractivity contribution is -0.114. The molecule has 4 heterocycles. The number of aromatic amines is 1. The normalized spacial score (nSPS) is 10.8. The van der Waals surface area contributed by atoms with Crippen LogP contribution in [0.25, 0.3) is 33.5 Å². The van der Waals surface area contributed by atoms with E-state index < -0.39 is 0 Å². The number of carbonyl (C=O) groups excluding carboxylic acids is 1. The Labute approximate surface area is 165 Å². The van der Waals surface area contributed by atoms with Gasteiger partial charge in [0.1, 0.15) is 16.7 Å². The van der Waals surface area contributed by atoms with Gasteiger partial charge in [0, 0.05) is 24.8 Å². The van der Waals surface area contributed by atoms with Crippen molar-refractivity contribution < 1.29 is 9.53 Å². The maximum absolute atomic E-state index is 11.4. The van der Waals surface area contributed by atoms with Crippen molar-refractivity contribution in [2.45, 2.75) is 6.92 Å². The lowest BCUT2D eigenvalue weighted by Gasteiger charge is -2.07. The third-order valence-corrected chi connectivity index (χ3v) is 4.38. The van der Waals surface area contributed by atoms with Gasteiger partial charge in [0.2, 0.25) is 5.91 Å². The summed E-state index contributed by atoms with van der Waals surface area (Å²) < 4.78 is 5.29. The molecule has 0 saturated heterocycles. The molecule has 8 heteroatoms. The highest BCUT2D eigenvalue weighted by molar-refractivity contribution is 6.29. The van der Waals surface area contributed by atoms with Crippen molar-refractivity contribution in [2.75, 3.05) is 12.4 Å². The van der Waals surface area contributed by atoms with E-state index in [4.69, 9.17) is 16.3 Å². The monoisotopic (exact) mass is 393 g/mol. The van der Waals surface area contributed by atoms with Gasteiger partial charge >= 0.3 is 0 Å². The highest BCUT2D eigenvalue weighted by Crippen LogP contribution is 2.38. The summed E-state index contributed by atoms with van der Waals surface area (Å²) >= 11 is 6.12. The number of pyridine rings is 3. The fourth-order valence-corrected chi connectivity index (χ4v) is 3.18. The van der Waals surface area contributed by atoms with Gasteiger partial charge in [-0.1, -0.05) is 17.7 Å². The summed E-state index contributed by atoms with van der Waals surface area (Å²) in [5.74, 6) is 0.906. The van der Waals surface area contributed by atoms with Gasteiger partial charge in [-0.3, -0.25) is 9.78 Å². The molecule has 4 rings (SSSR count). The van der Waals surface area contributed by atoms with Gasteiger partial charge in [0.15, 0.2) is 0 Å². The summed E-state index contributed by atoms with van der Waals surface area (Å²) in [6.45, 7) is 1.44. The molecule has 4 aromatic rings. The molecule has 0 atom stereocenters. The Morgan fingerprint density at radius 2 is 2.07 bits per heavy atom. The minimum atomic E-state index is -0.190. The van der Waals surface area contributed by atoms with Crippen LogP contribution in [0.3, 0.4) is 0 Å². The summed E-state index contributed by atoms with van der Waals surface area (Å²) in [5.41, 5.74) is 4.64. The SMILES string of the molecule is COc1cnc2c(-c3cccc(Cl)n3)c(-c3ccnc(NC(C)=O)c3)[nH]c2c1. The maximum Gasteiger partial charge on any atom is 0.222 e. The third kappa shape index (κ3) is 3.39. The van der Waals surface area contributed by atoms with Crippen LogP contribution in [0.5, 0.6) is 5.75 Å². The lowest BCUT2D eigenvalue weighted by Crippen LogP contribution is -2.07. The number of carbonyl (C=O) groups is 1. The molecule has 4 aromatic heterocycles. The van der Waals surface area contributed by atoms with Crippen LogP contribution in [-0.4, -0.2) is 33.0 Å². The van der Waals surface area contributed by atoms with Crippen LogP contribution in [0, 0.1) is 0 Å². The van der Waals surface area contributed by atoms with Crippen LogP contribution >= 0.6 is 11.6 Å². The van der Waals surface area contributed by atoms with Crippen molar-refractivity contribution in [3.8, 4) is 28.3 Å². The van der Waals surface area contributed by atoms with Crippen LogP contribution < -0.4 is 10.1 Å². The lowest BCUT2D eigenvalue weighted by atomic mass is 10.0. The molecule has 0 fully saturated rings. The highest BCUT2D eigenvalue weighted by Gasteiger charge is 2.19. The Bertz CT molecular complexity index is 1190. The third-order valence-electron chi connectivity index (χ3n) is 4.17. The quantitative estimate of drug-likeness (QED) is 0.504. The van der Waals surface area contributed by atoms with E-state index in [2.05, 4.69) is 25.3 Å². The molecular weight excluding hydrogens is 378 g/mol. The van der Waals surface area contributed by atoms with Crippen molar-refractivity contribution >= 4 is 34.4 Å². The predicted molar refractivity (Wildman–Crippen MR) is 108 cm³/mol.